The lowest BCUT2D eigenvalue weighted by molar-refractivity contribution is 0.282. The third-order valence-electron chi connectivity index (χ3n) is 1.30. The highest BCUT2D eigenvalue weighted by Crippen LogP contribution is 2.08. The Balaban J connectivity index is 3.12. The number of nitrogens with zero attached hydrogens (tertiary/aromatic N) is 2. The topological polar surface area (TPSA) is 82.9 Å². The molecule has 0 radical (unpaired) electrons. The highest BCUT2D eigenvalue weighted by Gasteiger charge is 1.99. The average Bonchev–Trinajstić information content (AvgIpc) is 2.04. The summed E-state index contributed by atoms with van der Waals surface area (Å²) in [5, 5.41) is 17.1. The second kappa shape index (κ2) is 2.99. The summed E-state index contributed by atoms with van der Waals surface area (Å²) >= 11 is 0. The number of pyridine rings is 1. The number of rotatable bonds is 1. The molecule has 1 aromatic rings. The van der Waals surface area contributed by atoms with Gasteiger partial charge in [-0.15, -0.1) is 0 Å². The van der Waals surface area contributed by atoms with E-state index in [1.54, 1.807) is 6.07 Å². The van der Waals surface area contributed by atoms with E-state index in [1.807, 2.05) is 6.07 Å². The molecule has 0 aliphatic rings. The quantitative estimate of drug-likeness (QED) is 0.590. The van der Waals surface area contributed by atoms with E-state index in [0.717, 1.165) is 0 Å². The van der Waals surface area contributed by atoms with Gasteiger partial charge < -0.3 is 10.8 Å². The Morgan fingerprint density at radius 3 is 2.82 bits per heavy atom. The Labute approximate surface area is 63.9 Å². The lowest BCUT2D eigenvalue weighted by Crippen LogP contribution is -1.98. The lowest BCUT2D eigenvalue weighted by Gasteiger charge is -1.99. The fourth-order valence-electron chi connectivity index (χ4n) is 0.700. The number of anilines is 1. The summed E-state index contributed by atoms with van der Waals surface area (Å²) in [5.41, 5.74) is 6.19. The van der Waals surface area contributed by atoms with Crippen LogP contribution in [0.1, 0.15) is 11.3 Å². The molecule has 11 heavy (non-hydrogen) atoms. The van der Waals surface area contributed by atoms with E-state index in [9.17, 15) is 0 Å². The first kappa shape index (κ1) is 7.51. The Bertz CT molecular complexity index is 303. The van der Waals surface area contributed by atoms with Crippen LogP contribution in [0.4, 0.5) is 5.82 Å². The van der Waals surface area contributed by atoms with Crippen LogP contribution in [0.15, 0.2) is 12.1 Å². The van der Waals surface area contributed by atoms with Gasteiger partial charge in [0.05, 0.1) is 6.61 Å². The molecule has 4 heteroatoms. The number of nitrogens with two attached hydrogens (primary N) is 1. The molecule has 0 saturated carbocycles. The van der Waals surface area contributed by atoms with Crippen LogP contribution >= 0.6 is 0 Å². The van der Waals surface area contributed by atoms with E-state index in [4.69, 9.17) is 16.1 Å². The van der Waals surface area contributed by atoms with Gasteiger partial charge in [-0.1, -0.05) is 6.07 Å². The minimum atomic E-state index is -0.148. The Morgan fingerprint density at radius 1 is 1.64 bits per heavy atom. The summed E-state index contributed by atoms with van der Waals surface area (Å²) < 4.78 is 0. The summed E-state index contributed by atoms with van der Waals surface area (Å²) in [7, 11) is 0. The number of aliphatic hydroxyl groups excluding tert-OH is 1. The molecule has 0 aliphatic heterocycles. The number of aromatic nitrogens is 1. The Morgan fingerprint density at radius 2 is 2.36 bits per heavy atom. The maximum absolute atomic E-state index is 8.68. The Kier molecular flexibility index (Phi) is 2.04. The number of hydrogen-bond donors (Lipinski definition) is 2. The first-order chi connectivity index (χ1) is 5.27. The molecule has 0 atom stereocenters. The third-order valence-corrected chi connectivity index (χ3v) is 1.30. The van der Waals surface area contributed by atoms with E-state index in [0.29, 0.717) is 5.56 Å². The summed E-state index contributed by atoms with van der Waals surface area (Å²) in [4.78, 5) is 3.72. The van der Waals surface area contributed by atoms with Gasteiger partial charge in [-0.05, 0) is 6.07 Å². The van der Waals surface area contributed by atoms with E-state index in [1.165, 1.54) is 6.07 Å². The molecule has 0 bridgehead atoms. The standard InChI is InChI=1S/C7H7N3O/c8-3-6-2-1-5(4-11)7(9)10-6/h1-2,11H,4H2,(H2,9,10). The first-order valence-electron chi connectivity index (χ1n) is 3.04. The largest absolute Gasteiger partial charge is 0.392 e. The minimum Gasteiger partial charge on any atom is -0.392 e. The molecule has 0 unspecified atom stereocenters. The molecule has 0 spiro atoms. The molecule has 0 saturated heterocycles. The van der Waals surface area contributed by atoms with E-state index >= 15 is 0 Å². The van der Waals surface area contributed by atoms with Gasteiger partial charge in [0.2, 0.25) is 0 Å². The zero-order chi connectivity index (χ0) is 8.27. The molecule has 56 valence electrons. The monoisotopic (exact) mass is 149 g/mol. The van der Waals surface area contributed by atoms with Crippen molar-refractivity contribution in [2.75, 3.05) is 5.73 Å². The van der Waals surface area contributed by atoms with Crippen molar-refractivity contribution in [3.05, 3.63) is 23.4 Å². The highest BCUT2D eigenvalue weighted by molar-refractivity contribution is 5.42. The molecule has 0 amide bonds. The second-order valence-electron chi connectivity index (χ2n) is 2.01. The van der Waals surface area contributed by atoms with Crippen molar-refractivity contribution in [2.45, 2.75) is 6.61 Å². The van der Waals surface area contributed by atoms with Gasteiger partial charge in [-0.2, -0.15) is 5.26 Å². The maximum Gasteiger partial charge on any atom is 0.142 e. The van der Waals surface area contributed by atoms with Crippen molar-refractivity contribution in [2.24, 2.45) is 0 Å². The van der Waals surface area contributed by atoms with Crippen LogP contribution in [0, 0.1) is 11.3 Å². The zero-order valence-corrected chi connectivity index (χ0v) is 5.78. The summed E-state index contributed by atoms with van der Waals surface area (Å²) in [5.74, 6) is 0.214. The molecule has 0 aliphatic carbocycles. The number of nitrogen functional groups attached to an aromatic ring is 1. The third kappa shape index (κ3) is 1.45. The van der Waals surface area contributed by atoms with Crippen LogP contribution in [0.2, 0.25) is 0 Å². The SMILES string of the molecule is N#Cc1ccc(CO)c(N)n1. The number of nitriles is 1. The smallest absolute Gasteiger partial charge is 0.142 e. The molecule has 3 N–H and O–H groups in total. The molecule has 0 fully saturated rings. The van der Waals surface area contributed by atoms with Crippen LogP contribution in [0.3, 0.4) is 0 Å². The van der Waals surface area contributed by atoms with Gasteiger partial charge in [0.1, 0.15) is 17.6 Å². The molecule has 4 nitrogen and oxygen atoms in total. The van der Waals surface area contributed by atoms with Crippen LogP contribution in [-0.4, -0.2) is 10.1 Å². The summed E-state index contributed by atoms with van der Waals surface area (Å²) in [6, 6.07) is 4.95. The maximum atomic E-state index is 8.68. The van der Waals surface area contributed by atoms with Gasteiger partial charge in [0.25, 0.3) is 0 Å². The van der Waals surface area contributed by atoms with Crippen LogP contribution in [0.25, 0.3) is 0 Å². The van der Waals surface area contributed by atoms with Crippen molar-refractivity contribution in [3.8, 4) is 6.07 Å². The van der Waals surface area contributed by atoms with Crippen molar-refractivity contribution >= 4 is 5.82 Å². The molecular formula is C7H7N3O. The average molecular weight is 149 g/mol. The zero-order valence-electron chi connectivity index (χ0n) is 5.78. The van der Waals surface area contributed by atoms with E-state index < -0.39 is 0 Å². The summed E-state index contributed by atoms with van der Waals surface area (Å²) in [6.07, 6.45) is 0. The van der Waals surface area contributed by atoms with Gasteiger partial charge in [0.15, 0.2) is 0 Å². The predicted molar refractivity (Wildman–Crippen MR) is 39.3 cm³/mol. The number of aliphatic hydroxyl groups is 1. The molecule has 1 rings (SSSR count). The van der Waals surface area contributed by atoms with Crippen molar-refractivity contribution in [1.82, 2.24) is 4.98 Å². The number of hydrogen-bond acceptors (Lipinski definition) is 4. The van der Waals surface area contributed by atoms with Gasteiger partial charge in [-0.3, -0.25) is 0 Å². The molecule has 1 heterocycles. The fraction of sp³-hybridized carbons (Fsp3) is 0.143. The summed E-state index contributed by atoms with van der Waals surface area (Å²) in [6.45, 7) is -0.148. The molecule has 1 aromatic heterocycles. The van der Waals surface area contributed by atoms with E-state index in [-0.39, 0.29) is 18.1 Å². The molecule has 0 aromatic carbocycles. The highest BCUT2D eigenvalue weighted by atomic mass is 16.3. The second-order valence-corrected chi connectivity index (χ2v) is 2.01. The van der Waals surface area contributed by atoms with Crippen LogP contribution in [0.5, 0.6) is 0 Å². The van der Waals surface area contributed by atoms with Crippen molar-refractivity contribution < 1.29 is 5.11 Å². The van der Waals surface area contributed by atoms with Gasteiger partial charge in [0, 0.05) is 5.56 Å². The normalized spacial score (nSPS) is 9.09. The van der Waals surface area contributed by atoms with E-state index in [2.05, 4.69) is 4.98 Å². The van der Waals surface area contributed by atoms with Gasteiger partial charge >= 0.3 is 0 Å². The van der Waals surface area contributed by atoms with Crippen LogP contribution in [-0.2, 0) is 6.61 Å². The Hall–Kier alpha value is -1.60. The fourth-order valence-corrected chi connectivity index (χ4v) is 0.700. The minimum absolute atomic E-state index is 0.148. The lowest BCUT2D eigenvalue weighted by atomic mass is 10.2. The van der Waals surface area contributed by atoms with Crippen LogP contribution < -0.4 is 5.73 Å². The predicted octanol–water partition coefficient (Wildman–Crippen LogP) is 0.0278. The van der Waals surface area contributed by atoms with Crippen molar-refractivity contribution in [1.29, 1.82) is 5.26 Å². The molecular weight excluding hydrogens is 142 g/mol. The van der Waals surface area contributed by atoms with Crippen molar-refractivity contribution in [3.63, 3.8) is 0 Å². The van der Waals surface area contributed by atoms with Gasteiger partial charge in [-0.25, -0.2) is 4.98 Å². The first-order valence-corrected chi connectivity index (χ1v) is 3.04.